The minimum Gasteiger partial charge on any atom is -0.493 e. The fourth-order valence-corrected chi connectivity index (χ4v) is 2.72. The normalized spacial score (nSPS) is 12.6. The summed E-state index contributed by atoms with van der Waals surface area (Å²) in [5.74, 6) is 1.49. The number of hydrogen-bond donors (Lipinski definition) is 1. The second-order valence-corrected chi connectivity index (χ2v) is 7.04. The number of nitrogens with one attached hydrogen (secondary N) is 1. The summed E-state index contributed by atoms with van der Waals surface area (Å²) in [7, 11) is 0. The molecule has 0 radical (unpaired) electrons. The Bertz CT molecular complexity index is 548. The van der Waals surface area contributed by atoms with Gasteiger partial charge in [-0.1, -0.05) is 26.0 Å². The molecule has 114 valence electrons. The molecule has 2 rings (SSSR count). The first-order valence-corrected chi connectivity index (χ1v) is 8.23. The lowest BCUT2D eigenvalue weighted by molar-refractivity contribution is 0.271. The van der Waals surface area contributed by atoms with Crippen LogP contribution >= 0.6 is 11.3 Å². The van der Waals surface area contributed by atoms with Crippen LogP contribution in [-0.2, 0) is 6.54 Å². The highest BCUT2D eigenvalue weighted by Crippen LogP contribution is 2.19. The van der Waals surface area contributed by atoms with Gasteiger partial charge in [-0.3, -0.25) is 0 Å². The van der Waals surface area contributed by atoms with Gasteiger partial charge in [0.15, 0.2) is 0 Å². The van der Waals surface area contributed by atoms with Crippen molar-refractivity contribution in [3.63, 3.8) is 0 Å². The smallest absolute Gasteiger partial charge is 0.119 e. The third-order valence-corrected chi connectivity index (χ3v) is 4.13. The molecule has 0 aliphatic rings. The third-order valence-electron chi connectivity index (χ3n) is 3.22. The number of benzene rings is 1. The van der Waals surface area contributed by atoms with Crippen molar-refractivity contribution in [1.29, 1.82) is 0 Å². The Morgan fingerprint density at radius 1 is 1.19 bits per heavy atom. The zero-order chi connectivity index (χ0) is 15.2. The van der Waals surface area contributed by atoms with Gasteiger partial charge in [-0.2, -0.15) is 0 Å². The van der Waals surface area contributed by atoms with Crippen LogP contribution in [0.3, 0.4) is 0 Å². The molecule has 0 bridgehead atoms. The molecule has 1 unspecified atom stereocenters. The second-order valence-electron chi connectivity index (χ2n) is 5.72. The van der Waals surface area contributed by atoms with Gasteiger partial charge in [0.25, 0.3) is 0 Å². The maximum atomic E-state index is 5.71. The molecule has 0 fully saturated rings. The summed E-state index contributed by atoms with van der Waals surface area (Å²) in [6.45, 7) is 10.1. The number of rotatable bonds is 7. The van der Waals surface area contributed by atoms with E-state index in [1.54, 1.807) is 11.3 Å². The van der Waals surface area contributed by atoms with E-state index in [-0.39, 0.29) is 0 Å². The Hall–Kier alpha value is -1.39. The zero-order valence-corrected chi connectivity index (χ0v) is 14.0. The van der Waals surface area contributed by atoms with E-state index in [1.165, 1.54) is 10.4 Å². The molecule has 1 N–H and O–H groups in total. The third kappa shape index (κ3) is 5.14. The molecule has 0 saturated carbocycles. The van der Waals surface area contributed by atoms with Crippen LogP contribution in [0, 0.1) is 12.8 Å². The fraction of sp³-hybridized carbons (Fsp3) is 0.471. The molecule has 0 spiro atoms. The van der Waals surface area contributed by atoms with Crippen molar-refractivity contribution in [3.05, 3.63) is 45.9 Å². The van der Waals surface area contributed by atoms with Crippen LogP contribution in [0.4, 0.5) is 0 Å². The van der Waals surface area contributed by atoms with Gasteiger partial charge in [-0.05, 0) is 37.5 Å². The van der Waals surface area contributed by atoms with Crippen molar-refractivity contribution < 1.29 is 4.74 Å². The van der Waals surface area contributed by atoms with Gasteiger partial charge >= 0.3 is 0 Å². The molecular weight excluding hydrogens is 280 g/mol. The Balaban J connectivity index is 1.85. The van der Waals surface area contributed by atoms with Crippen molar-refractivity contribution in [3.8, 4) is 5.75 Å². The van der Waals surface area contributed by atoms with Gasteiger partial charge in [0.1, 0.15) is 5.75 Å². The molecular formula is C17H24N2OS. The van der Waals surface area contributed by atoms with Crippen molar-refractivity contribution in [1.82, 2.24) is 10.3 Å². The summed E-state index contributed by atoms with van der Waals surface area (Å²) in [4.78, 5) is 5.55. The SMILES string of the molecule is Cc1ncc(CNC(C)c2ccc(OCC(C)C)cc2)s1. The topological polar surface area (TPSA) is 34.2 Å². The number of aromatic nitrogens is 1. The quantitative estimate of drug-likeness (QED) is 0.826. The molecule has 0 aliphatic carbocycles. The van der Waals surface area contributed by atoms with Crippen LogP contribution in [0.25, 0.3) is 0 Å². The maximum Gasteiger partial charge on any atom is 0.119 e. The Morgan fingerprint density at radius 2 is 1.90 bits per heavy atom. The lowest BCUT2D eigenvalue weighted by atomic mass is 10.1. The number of ether oxygens (including phenoxy) is 1. The van der Waals surface area contributed by atoms with Crippen LogP contribution in [0.1, 0.15) is 42.3 Å². The van der Waals surface area contributed by atoms with Gasteiger partial charge in [-0.25, -0.2) is 4.98 Å². The van der Waals surface area contributed by atoms with Gasteiger partial charge in [0.2, 0.25) is 0 Å². The summed E-state index contributed by atoms with van der Waals surface area (Å²) in [6, 6.07) is 8.67. The molecule has 0 aliphatic heterocycles. The molecule has 0 saturated heterocycles. The van der Waals surface area contributed by atoms with E-state index in [0.717, 1.165) is 23.9 Å². The molecule has 3 nitrogen and oxygen atoms in total. The molecule has 1 atom stereocenters. The molecule has 1 aromatic heterocycles. The predicted molar refractivity (Wildman–Crippen MR) is 88.9 cm³/mol. The number of nitrogens with zero attached hydrogens (tertiary/aromatic N) is 1. The number of hydrogen-bond acceptors (Lipinski definition) is 4. The Labute approximate surface area is 131 Å². The van der Waals surface area contributed by atoms with E-state index in [2.05, 4.69) is 43.2 Å². The predicted octanol–water partition coefficient (Wildman–Crippen LogP) is 4.34. The average molecular weight is 304 g/mol. The van der Waals surface area contributed by atoms with Crippen LogP contribution in [-0.4, -0.2) is 11.6 Å². The van der Waals surface area contributed by atoms with E-state index >= 15 is 0 Å². The van der Waals surface area contributed by atoms with E-state index in [9.17, 15) is 0 Å². The van der Waals surface area contributed by atoms with Crippen molar-refractivity contribution >= 4 is 11.3 Å². The molecule has 1 aromatic carbocycles. The van der Waals surface area contributed by atoms with Gasteiger partial charge < -0.3 is 10.1 Å². The average Bonchev–Trinajstić information content (AvgIpc) is 2.89. The fourth-order valence-electron chi connectivity index (χ4n) is 1.97. The highest BCUT2D eigenvalue weighted by atomic mass is 32.1. The monoisotopic (exact) mass is 304 g/mol. The van der Waals surface area contributed by atoms with Gasteiger partial charge in [0.05, 0.1) is 11.6 Å². The number of aryl methyl sites for hydroxylation is 1. The van der Waals surface area contributed by atoms with Crippen molar-refractivity contribution in [2.75, 3.05) is 6.61 Å². The Kier molecular flexibility index (Phi) is 5.76. The molecule has 0 amide bonds. The first-order chi connectivity index (χ1) is 10.0. The van der Waals surface area contributed by atoms with Crippen LogP contribution in [0.2, 0.25) is 0 Å². The van der Waals surface area contributed by atoms with E-state index < -0.39 is 0 Å². The van der Waals surface area contributed by atoms with Gasteiger partial charge in [0, 0.05) is 23.7 Å². The molecule has 4 heteroatoms. The second kappa shape index (κ2) is 7.57. The van der Waals surface area contributed by atoms with Crippen LogP contribution in [0.15, 0.2) is 30.5 Å². The van der Waals surface area contributed by atoms with Crippen molar-refractivity contribution in [2.24, 2.45) is 5.92 Å². The summed E-state index contributed by atoms with van der Waals surface area (Å²) in [6.07, 6.45) is 1.95. The van der Waals surface area contributed by atoms with E-state index in [0.29, 0.717) is 12.0 Å². The molecule has 2 aromatic rings. The molecule has 21 heavy (non-hydrogen) atoms. The zero-order valence-electron chi connectivity index (χ0n) is 13.2. The van der Waals surface area contributed by atoms with Crippen molar-refractivity contribution in [2.45, 2.75) is 40.3 Å². The summed E-state index contributed by atoms with van der Waals surface area (Å²) >= 11 is 1.74. The summed E-state index contributed by atoms with van der Waals surface area (Å²) in [5.41, 5.74) is 1.27. The van der Waals surface area contributed by atoms with E-state index in [1.807, 2.05) is 25.3 Å². The first-order valence-electron chi connectivity index (χ1n) is 7.42. The lowest BCUT2D eigenvalue weighted by Crippen LogP contribution is -2.17. The first kappa shape index (κ1) is 16.0. The Morgan fingerprint density at radius 3 is 2.48 bits per heavy atom. The van der Waals surface area contributed by atoms with E-state index in [4.69, 9.17) is 4.74 Å². The minimum absolute atomic E-state index is 0.312. The van der Waals surface area contributed by atoms with Crippen LogP contribution in [0.5, 0.6) is 5.75 Å². The minimum atomic E-state index is 0.312. The van der Waals surface area contributed by atoms with Gasteiger partial charge in [-0.15, -0.1) is 11.3 Å². The largest absolute Gasteiger partial charge is 0.493 e. The number of thiazole rings is 1. The summed E-state index contributed by atoms with van der Waals surface area (Å²) < 4.78 is 5.71. The highest BCUT2D eigenvalue weighted by Gasteiger charge is 2.06. The summed E-state index contributed by atoms with van der Waals surface area (Å²) in [5, 5.41) is 4.64. The highest BCUT2D eigenvalue weighted by molar-refractivity contribution is 7.11. The lowest BCUT2D eigenvalue weighted by Gasteiger charge is -2.14. The maximum absolute atomic E-state index is 5.71. The standard InChI is InChI=1S/C17H24N2OS/c1-12(2)11-20-16-7-5-15(6-8-16)13(3)18-9-17-10-19-14(4)21-17/h5-8,10,12-13,18H,9,11H2,1-4H3. The van der Waals surface area contributed by atoms with Crippen LogP contribution < -0.4 is 10.1 Å². The molecule has 1 heterocycles.